The molecule has 1 saturated carbocycles. The number of carboxylic acids is 1. The molecule has 0 spiro atoms. The molecule has 6 heteroatoms. The molecule has 0 bridgehead atoms. The summed E-state index contributed by atoms with van der Waals surface area (Å²) in [6.07, 6.45) is 6.29. The minimum atomic E-state index is -1.03. The molecule has 1 aromatic carbocycles. The van der Waals surface area contributed by atoms with Gasteiger partial charge >= 0.3 is 5.97 Å². The van der Waals surface area contributed by atoms with Gasteiger partial charge in [-0.2, -0.15) is 0 Å². The summed E-state index contributed by atoms with van der Waals surface area (Å²) >= 11 is 6.58. The van der Waals surface area contributed by atoms with Crippen LogP contribution in [0.1, 0.15) is 66.1 Å². The number of pyridine rings is 1. The highest BCUT2D eigenvalue weighted by Crippen LogP contribution is 2.37. The van der Waals surface area contributed by atoms with Crippen molar-refractivity contribution < 1.29 is 19.7 Å². The maximum absolute atomic E-state index is 10.8. The van der Waals surface area contributed by atoms with Crippen molar-refractivity contribution in [1.82, 2.24) is 4.98 Å². The maximum Gasteiger partial charge on any atom is 0.341 e. The Hall–Kier alpha value is -2.27. The quantitative estimate of drug-likeness (QED) is 0.696. The molecule has 1 fully saturated rings. The van der Waals surface area contributed by atoms with Crippen LogP contribution >= 0.6 is 11.6 Å². The molecule has 0 amide bonds. The topological polar surface area (TPSA) is 79.7 Å². The monoisotopic (exact) mass is 403 g/mol. The smallest absolute Gasteiger partial charge is 0.341 e. The van der Waals surface area contributed by atoms with E-state index in [-0.39, 0.29) is 5.75 Å². The minimum absolute atomic E-state index is 0.270. The fourth-order valence-corrected chi connectivity index (χ4v) is 4.18. The van der Waals surface area contributed by atoms with Crippen molar-refractivity contribution >= 4 is 17.6 Å². The number of hydrogen-bond donors (Lipinski definition) is 2. The lowest BCUT2D eigenvalue weighted by atomic mass is 9.86. The first-order valence-electron chi connectivity index (χ1n) is 9.68. The third kappa shape index (κ3) is 4.58. The molecule has 0 aliphatic heterocycles. The van der Waals surface area contributed by atoms with Gasteiger partial charge in [0.2, 0.25) is 0 Å². The number of aromatic nitrogens is 1. The Balaban J connectivity index is 1.87. The number of halogens is 1. The average Bonchev–Trinajstić information content (AvgIpc) is 2.68. The highest BCUT2D eigenvalue weighted by atomic mass is 35.5. The molecule has 28 heavy (non-hydrogen) atoms. The van der Waals surface area contributed by atoms with E-state index in [4.69, 9.17) is 26.4 Å². The molecule has 1 aliphatic carbocycles. The van der Waals surface area contributed by atoms with Crippen LogP contribution in [-0.4, -0.2) is 27.8 Å². The summed E-state index contributed by atoms with van der Waals surface area (Å²) in [5.41, 5.74) is 4.24. The summed E-state index contributed by atoms with van der Waals surface area (Å²) in [5.74, 6) is 0.0434. The molecule has 1 aromatic heterocycles. The predicted octanol–water partition coefficient (Wildman–Crippen LogP) is 5.16. The lowest BCUT2D eigenvalue weighted by Gasteiger charge is -2.22. The Labute approximate surface area is 170 Å². The molecule has 0 unspecified atom stereocenters. The molecule has 2 aromatic rings. The summed E-state index contributed by atoms with van der Waals surface area (Å²) in [4.78, 5) is 15.5. The van der Waals surface area contributed by atoms with Crippen molar-refractivity contribution in [2.24, 2.45) is 0 Å². The largest absolute Gasteiger partial charge is 0.506 e. The molecule has 3 rings (SSSR count). The average molecular weight is 404 g/mol. The van der Waals surface area contributed by atoms with Gasteiger partial charge in [-0.05, 0) is 56.0 Å². The van der Waals surface area contributed by atoms with Gasteiger partial charge in [-0.25, -0.2) is 4.79 Å². The Bertz CT molecular complexity index is 875. The fraction of sp³-hybridized carbons (Fsp3) is 0.455. The van der Waals surface area contributed by atoms with Gasteiger partial charge in [-0.1, -0.05) is 30.9 Å². The first-order chi connectivity index (χ1) is 13.4. The zero-order chi connectivity index (χ0) is 20.3. The van der Waals surface area contributed by atoms with Crippen molar-refractivity contribution in [2.45, 2.75) is 58.3 Å². The Morgan fingerprint density at radius 2 is 1.96 bits per heavy atom. The van der Waals surface area contributed by atoms with E-state index < -0.39 is 12.6 Å². The van der Waals surface area contributed by atoms with Crippen LogP contribution < -0.4 is 4.74 Å². The highest BCUT2D eigenvalue weighted by molar-refractivity contribution is 6.32. The maximum atomic E-state index is 10.8. The van der Waals surface area contributed by atoms with Crippen LogP contribution in [0.2, 0.25) is 5.02 Å². The van der Waals surface area contributed by atoms with Gasteiger partial charge in [0.05, 0.1) is 10.7 Å². The Morgan fingerprint density at radius 1 is 1.25 bits per heavy atom. The Kier molecular flexibility index (Phi) is 6.45. The van der Waals surface area contributed by atoms with Crippen molar-refractivity contribution in [1.29, 1.82) is 0 Å². The van der Waals surface area contributed by atoms with Gasteiger partial charge in [0.1, 0.15) is 11.5 Å². The molecule has 0 saturated heterocycles. The van der Waals surface area contributed by atoms with Crippen molar-refractivity contribution in [3.63, 3.8) is 0 Å². The van der Waals surface area contributed by atoms with E-state index >= 15 is 0 Å². The standard InChI is InChI=1S/C22H26ClNO4/c1-13-10-19(28-12-20(26)27)14(2)21(23)17(13)11-16-8-9-18(25)22(24-16)15-6-4-3-5-7-15/h8-10,15,25H,3-7,11-12H2,1-2H3,(H,26,27). The number of hydrogen-bond acceptors (Lipinski definition) is 4. The zero-order valence-electron chi connectivity index (χ0n) is 16.3. The van der Waals surface area contributed by atoms with Crippen LogP contribution in [0.3, 0.4) is 0 Å². The van der Waals surface area contributed by atoms with Crippen LogP contribution in [0, 0.1) is 13.8 Å². The number of nitrogens with zero attached hydrogens (tertiary/aromatic N) is 1. The minimum Gasteiger partial charge on any atom is -0.506 e. The van der Waals surface area contributed by atoms with Crippen LogP contribution in [0.25, 0.3) is 0 Å². The van der Waals surface area contributed by atoms with Gasteiger partial charge < -0.3 is 14.9 Å². The SMILES string of the molecule is Cc1cc(OCC(=O)O)c(C)c(Cl)c1Cc1ccc(O)c(C2CCCCC2)n1. The van der Waals surface area contributed by atoms with E-state index in [1.54, 1.807) is 6.07 Å². The fourth-order valence-electron chi connectivity index (χ4n) is 3.87. The lowest BCUT2D eigenvalue weighted by Crippen LogP contribution is -2.11. The molecule has 150 valence electrons. The van der Waals surface area contributed by atoms with Crippen LogP contribution in [-0.2, 0) is 11.2 Å². The number of ether oxygens (including phenoxy) is 1. The number of rotatable bonds is 6. The van der Waals surface area contributed by atoms with Crippen molar-refractivity contribution in [3.05, 3.63) is 51.3 Å². The van der Waals surface area contributed by atoms with Crippen molar-refractivity contribution in [3.8, 4) is 11.5 Å². The molecular weight excluding hydrogens is 378 g/mol. The third-order valence-corrected chi connectivity index (χ3v) is 5.96. The molecule has 1 heterocycles. The number of aryl methyl sites for hydroxylation is 1. The zero-order valence-corrected chi connectivity index (χ0v) is 17.1. The number of aromatic hydroxyl groups is 1. The van der Waals surface area contributed by atoms with Crippen LogP contribution in [0.4, 0.5) is 0 Å². The summed E-state index contributed by atoms with van der Waals surface area (Å²) in [5, 5.41) is 19.7. The van der Waals surface area contributed by atoms with Gasteiger partial charge in [0.15, 0.2) is 6.61 Å². The van der Waals surface area contributed by atoms with E-state index in [0.29, 0.717) is 23.1 Å². The van der Waals surface area contributed by atoms with Crippen molar-refractivity contribution in [2.75, 3.05) is 6.61 Å². The molecular formula is C22H26ClNO4. The van der Waals surface area contributed by atoms with Crippen LogP contribution in [0.15, 0.2) is 18.2 Å². The summed E-state index contributed by atoms with van der Waals surface area (Å²) in [6.45, 7) is 3.34. The van der Waals surface area contributed by atoms with Gasteiger partial charge in [-0.15, -0.1) is 0 Å². The predicted molar refractivity (Wildman–Crippen MR) is 109 cm³/mol. The van der Waals surface area contributed by atoms with Gasteiger partial charge in [0.25, 0.3) is 0 Å². The lowest BCUT2D eigenvalue weighted by molar-refractivity contribution is -0.139. The number of benzene rings is 1. The first-order valence-corrected chi connectivity index (χ1v) is 10.1. The second kappa shape index (κ2) is 8.82. The second-order valence-electron chi connectivity index (χ2n) is 7.51. The summed E-state index contributed by atoms with van der Waals surface area (Å²) < 4.78 is 5.35. The first kappa shape index (κ1) is 20.5. The normalized spacial score (nSPS) is 14.8. The highest BCUT2D eigenvalue weighted by Gasteiger charge is 2.21. The van der Waals surface area contributed by atoms with E-state index in [0.717, 1.165) is 40.9 Å². The van der Waals surface area contributed by atoms with E-state index in [1.165, 1.54) is 19.3 Å². The van der Waals surface area contributed by atoms with Gasteiger partial charge in [-0.3, -0.25) is 4.98 Å². The van der Waals surface area contributed by atoms with E-state index in [1.807, 2.05) is 26.0 Å². The molecule has 5 nitrogen and oxygen atoms in total. The van der Waals surface area contributed by atoms with E-state index in [9.17, 15) is 9.90 Å². The number of carbonyl (C=O) groups is 1. The molecule has 0 atom stereocenters. The van der Waals surface area contributed by atoms with E-state index in [2.05, 4.69) is 0 Å². The van der Waals surface area contributed by atoms with Crippen LogP contribution in [0.5, 0.6) is 11.5 Å². The van der Waals surface area contributed by atoms with Gasteiger partial charge in [0, 0.05) is 23.6 Å². The molecule has 0 radical (unpaired) electrons. The number of aliphatic carboxylic acids is 1. The Morgan fingerprint density at radius 3 is 2.64 bits per heavy atom. The summed E-state index contributed by atoms with van der Waals surface area (Å²) in [7, 11) is 0. The molecule has 2 N–H and O–H groups in total. The summed E-state index contributed by atoms with van der Waals surface area (Å²) in [6, 6.07) is 5.39. The number of carboxylic acid groups (broad SMARTS) is 1. The molecule has 1 aliphatic rings. The second-order valence-corrected chi connectivity index (χ2v) is 7.89. The third-order valence-electron chi connectivity index (χ3n) is 5.45.